The number of pyridine rings is 1. The molecule has 1 aromatic heterocycles. The molecule has 0 saturated carbocycles. The maximum atomic E-state index is 11.9. The highest BCUT2D eigenvalue weighted by Gasteiger charge is 2.27. The minimum absolute atomic E-state index is 0.0657. The van der Waals surface area contributed by atoms with E-state index in [4.69, 9.17) is 0 Å². The molecule has 2 aromatic rings. The first-order valence-electron chi connectivity index (χ1n) is 6.38. The molecule has 0 radical (unpaired) electrons. The van der Waals surface area contributed by atoms with Crippen LogP contribution in [0.15, 0.2) is 34.9 Å². The van der Waals surface area contributed by atoms with Gasteiger partial charge < -0.3 is 10.1 Å². The third kappa shape index (κ3) is 5.17. The summed E-state index contributed by atoms with van der Waals surface area (Å²) in [4.78, 5) is 4.34. The van der Waals surface area contributed by atoms with Crippen molar-refractivity contribution in [1.29, 1.82) is 0 Å². The number of alkyl halides is 3. The van der Waals surface area contributed by atoms with Gasteiger partial charge in [0.05, 0.1) is 11.2 Å². The molecule has 7 heteroatoms. The van der Waals surface area contributed by atoms with Gasteiger partial charge in [-0.05, 0) is 34.5 Å². The van der Waals surface area contributed by atoms with E-state index in [1.54, 1.807) is 6.20 Å². The second-order valence-corrected chi connectivity index (χ2v) is 5.39. The van der Waals surface area contributed by atoms with Gasteiger partial charge in [0, 0.05) is 29.2 Å². The molecule has 1 aromatic carbocycles. The van der Waals surface area contributed by atoms with Crippen LogP contribution < -0.4 is 5.32 Å². The Kier molecular flexibility index (Phi) is 5.41. The molecule has 0 bridgehead atoms. The SMILES string of the molecule is FC(F)(F)COCCCNc1cccc2cc(Br)cnc12. The van der Waals surface area contributed by atoms with Gasteiger partial charge in [-0.2, -0.15) is 13.2 Å². The molecule has 0 saturated heterocycles. The predicted octanol–water partition coefficient (Wildman–Crippen LogP) is 4.38. The Morgan fingerprint density at radius 2 is 2.10 bits per heavy atom. The summed E-state index contributed by atoms with van der Waals surface area (Å²) in [5, 5.41) is 4.15. The Balaban J connectivity index is 1.84. The first-order chi connectivity index (χ1) is 9.96. The maximum absolute atomic E-state index is 11.9. The number of anilines is 1. The van der Waals surface area contributed by atoms with Gasteiger partial charge in [0.15, 0.2) is 0 Å². The van der Waals surface area contributed by atoms with E-state index in [0.29, 0.717) is 13.0 Å². The van der Waals surface area contributed by atoms with Crippen molar-refractivity contribution in [2.75, 3.05) is 25.1 Å². The molecule has 2 rings (SSSR count). The van der Waals surface area contributed by atoms with Crippen LogP contribution in [0.2, 0.25) is 0 Å². The lowest BCUT2D eigenvalue weighted by Gasteiger charge is -2.10. The number of benzene rings is 1. The summed E-state index contributed by atoms with van der Waals surface area (Å²) >= 11 is 3.36. The van der Waals surface area contributed by atoms with Crippen molar-refractivity contribution < 1.29 is 17.9 Å². The van der Waals surface area contributed by atoms with Gasteiger partial charge in [0.25, 0.3) is 0 Å². The number of para-hydroxylation sites is 1. The summed E-state index contributed by atoms with van der Waals surface area (Å²) in [7, 11) is 0. The minimum Gasteiger partial charge on any atom is -0.383 e. The highest BCUT2D eigenvalue weighted by atomic mass is 79.9. The number of halogens is 4. The lowest BCUT2D eigenvalue weighted by atomic mass is 10.2. The van der Waals surface area contributed by atoms with E-state index >= 15 is 0 Å². The molecule has 0 fully saturated rings. The molecular formula is C14H14BrF3N2O. The lowest BCUT2D eigenvalue weighted by molar-refractivity contribution is -0.173. The molecule has 0 spiro atoms. The Morgan fingerprint density at radius 1 is 1.29 bits per heavy atom. The number of fused-ring (bicyclic) bond motifs is 1. The molecule has 0 aliphatic carbocycles. The molecule has 1 N–H and O–H groups in total. The zero-order valence-corrected chi connectivity index (χ0v) is 12.7. The number of nitrogens with zero attached hydrogens (tertiary/aromatic N) is 1. The summed E-state index contributed by atoms with van der Waals surface area (Å²) in [5.41, 5.74) is 1.69. The van der Waals surface area contributed by atoms with Gasteiger partial charge in [-0.1, -0.05) is 12.1 Å². The molecule has 114 valence electrons. The molecule has 0 atom stereocenters. The highest BCUT2D eigenvalue weighted by molar-refractivity contribution is 9.10. The van der Waals surface area contributed by atoms with Crippen molar-refractivity contribution in [3.63, 3.8) is 0 Å². The smallest absolute Gasteiger partial charge is 0.383 e. The Hall–Kier alpha value is -1.34. The van der Waals surface area contributed by atoms with E-state index in [-0.39, 0.29) is 6.61 Å². The molecule has 1 heterocycles. The van der Waals surface area contributed by atoms with Crippen LogP contribution in [0.5, 0.6) is 0 Å². The quantitative estimate of drug-likeness (QED) is 0.774. The van der Waals surface area contributed by atoms with Crippen LogP contribution in [0.3, 0.4) is 0 Å². The second kappa shape index (κ2) is 7.09. The Morgan fingerprint density at radius 3 is 2.86 bits per heavy atom. The summed E-state index contributed by atoms with van der Waals surface area (Å²) in [5.74, 6) is 0. The van der Waals surface area contributed by atoms with Crippen LogP contribution in [0.25, 0.3) is 10.9 Å². The van der Waals surface area contributed by atoms with Crippen molar-refractivity contribution in [2.45, 2.75) is 12.6 Å². The topological polar surface area (TPSA) is 34.1 Å². The fourth-order valence-electron chi connectivity index (χ4n) is 1.86. The number of aromatic nitrogens is 1. The van der Waals surface area contributed by atoms with Gasteiger partial charge in [0.2, 0.25) is 0 Å². The fourth-order valence-corrected chi connectivity index (χ4v) is 2.21. The standard InChI is InChI=1S/C14H14BrF3N2O/c15-11-7-10-3-1-4-12(13(10)20-8-11)19-5-2-6-21-9-14(16,17)18/h1,3-4,7-8,19H,2,5-6,9H2. The summed E-state index contributed by atoms with van der Waals surface area (Å²) in [6, 6.07) is 7.70. The largest absolute Gasteiger partial charge is 0.411 e. The lowest BCUT2D eigenvalue weighted by Crippen LogP contribution is -2.18. The minimum atomic E-state index is -4.26. The molecule has 21 heavy (non-hydrogen) atoms. The summed E-state index contributed by atoms with van der Waals surface area (Å²) < 4.78 is 41.1. The van der Waals surface area contributed by atoms with Crippen LogP contribution >= 0.6 is 15.9 Å². The maximum Gasteiger partial charge on any atom is 0.411 e. The van der Waals surface area contributed by atoms with E-state index in [9.17, 15) is 13.2 Å². The number of rotatable bonds is 6. The number of hydrogen-bond donors (Lipinski definition) is 1. The Labute approximate surface area is 128 Å². The molecular weight excluding hydrogens is 349 g/mol. The zero-order chi connectivity index (χ0) is 15.3. The van der Waals surface area contributed by atoms with E-state index in [0.717, 1.165) is 21.1 Å². The first-order valence-corrected chi connectivity index (χ1v) is 7.18. The van der Waals surface area contributed by atoms with Gasteiger partial charge in [0.1, 0.15) is 6.61 Å². The summed E-state index contributed by atoms with van der Waals surface area (Å²) in [6.45, 7) is -0.609. The van der Waals surface area contributed by atoms with Gasteiger partial charge in [-0.25, -0.2) is 0 Å². The zero-order valence-electron chi connectivity index (χ0n) is 11.1. The van der Waals surface area contributed by atoms with E-state index in [1.807, 2.05) is 24.3 Å². The molecule has 0 amide bonds. The normalized spacial score (nSPS) is 11.8. The van der Waals surface area contributed by atoms with E-state index in [2.05, 4.69) is 31.0 Å². The first kappa shape index (κ1) is 16.0. The third-order valence-electron chi connectivity index (χ3n) is 2.72. The number of nitrogens with one attached hydrogen (secondary N) is 1. The summed E-state index contributed by atoms with van der Waals surface area (Å²) in [6.07, 6.45) is -2.07. The average molecular weight is 363 g/mol. The molecule has 0 unspecified atom stereocenters. The van der Waals surface area contributed by atoms with Crippen LogP contribution in [-0.2, 0) is 4.74 Å². The fraction of sp³-hybridized carbons (Fsp3) is 0.357. The van der Waals surface area contributed by atoms with Crippen LogP contribution in [-0.4, -0.2) is 30.9 Å². The van der Waals surface area contributed by atoms with Crippen molar-refractivity contribution >= 4 is 32.5 Å². The molecule has 0 aliphatic rings. The monoisotopic (exact) mass is 362 g/mol. The van der Waals surface area contributed by atoms with E-state index < -0.39 is 12.8 Å². The van der Waals surface area contributed by atoms with Crippen molar-refractivity contribution in [3.8, 4) is 0 Å². The second-order valence-electron chi connectivity index (χ2n) is 4.48. The van der Waals surface area contributed by atoms with Crippen LogP contribution in [0.1, 0.15) is 6.42 Å². The highest BCUT2D eigenvalue weighted by Crippen LogP contribution is 2.23. The Bertz CT molecular complexity index is 604. The van der Waals surface area contributed by atoms with Crippen LogP contribution in [0, 0.1) is 0 Å². The van der Waals surface area contributed by atoms with Crippen molar-refractivity contribution in [2.24, 2.45) is 0 Å². The van der Waals surface area contributed by atoms with Crippen LogP contribution in [0.4, 0.5) is 18.9 Å². The molecule has 0 aliphatic heterocycles. The predicted molar refractivity (Wildman–Crippen MR) is 79.4 cm³/mol. The van der Waals surface area contributed by atoms with Gasteiger partial charge >= 0.3 is 6.18 Å². The van der Waals surface area contributed by atoms with Crippen molar-refractivity contribution in [3.05, 3.63) is 34.9 Å². The molecule has 3 nitrogen and oxygen atoms in total. The third-order valence-corrected chi connectivity index (χ3v) is 3.16. The van der Waals surface area contributed by atoms with Gasteiger partial charge in [-0.3, -0.25) is 4.98 Å². The van der Waals surface area contributed by atoms with Crippen molar-refractivity contribution in [1.82, 2.24) is 4.98 Å². The van der Waals surface area contributed by atoms with E-state index in [1.165, 1.54) is 0 Å². The average Bonchev–Trinajstić information content (AvgIpc) is 2.41. The number of hydrogen-bond acceptors (Lipinski definition) is 3. The number of ether oxygens (including phenoxy) is 1. The van der Waals surface area contributed by atoms with Gasteiger partial charge in [-0.15, -0.1) is 0 Å².